The van der Waals surface area contributed by atoms with Crippen LogP contribution in [0.4, 0.5) is 11.5 Å². The molecule has 4 nitrogen and oxygen atoms in total. The number of hydrogen-bond donors (Lipinski definition) is 1. The summed E-state index contributed by atoms with van der Waals surface area (Å²) in [5, 5.41) is 3.15. The zero-order valence-electron chi connectivity index (χ0n) is 10.4. The van der Waals surface area contributed by atoms with E-state index in [0.717, 1.165) is 0 Å². The molecule has 1 aromatic carbocycles. The van der Waals surface area contributed by atoms with Crippen LogP contribution >= 0.6 is 11.6 Å². The molecule has 0 aliphatic carbocycles. The van der Waals surface area contributed by atoms with E-state index in [4.69, 9.17) is 11.6 Å². The van der Waals surface area contributed by atoms with Crippen molar-refractivity contribution in [2.75, 3.05) is 5.32 Å². The largest absolute Gasteiger partial charge is 0.408 e. The van der Waals surface area contributed by atoms with Gasteiger partial charge in [0.1, 0.15) is 0 Å². The van der Waals surface area contributed by atoms with Gasteiger partial charge in [-0.15, -0.1) is 6.20 Å². The first-order valence-corrected chi connectivity index (χ1v) is 5.88. The number of aromatic nitrogens is 2. The molecule has 0 aliphatic heterocycles. The number of anilines is 2. The van der Waals surface area contributed by atoms with E-state index >= 15 is 0 Å². The topological polar surface area (TPSA) is 54.9 Å². The Morgan fingerprint density at radius 3 is 2.84 bits per heavy atom. The van der Waals surface area contributed by atoms with Crippen molar-refractivity contribution in [3.63, 3.8) is 0 Å². The Bertz CT molecular complexity index is 577. The van der Waals surface area contributed by atoms with Crippen LogP contribution in [-0.2, 0) is 32.7 Å². The molecule has 2 rings (SSSR count). The molecule has 0 atom stereocenters. The number of carbonyl (C=O) groups excluding carboxylic acids is 1. The first kappa shape index (κ1) is 16.2. The fourth-order valence-electron chi connectivity index (χ4n) is 1.52. The monoisotopic (exact) mass is 349 g/mol. The van der Waals surface area contributed by atoms with Crippen LogP contribution < -0.4 is 5.32 Å². The second kappa shape index (κ2) is 7.68. The van der Waals surface area contributed by atoms with E-state index in [1.807, 2.05) is 25.1 Å². The number of benzene rings is 1. The van der Waals surface area contributed by atoms with Crippen LogP contribution in [0, 0.1) is 6.07 Å². The minimum absolute atomic E-state index is 0. The number of hydrogen-bond acceptors (Lipinski definition) is 4. The minimum atomic E-state index is 0. The molecule has 0 amide bonds. The SMILES string of the molecule is CCC(=O)c1ccccc1Nc1[c-]cnc(Cl)n1.[Y]. The number of Topliss-reactive ketones (excluding diaryl/α,β-unsaturated/α-hetero) is 1. The van der Waals surface area contributed by atoms with E-state index in [9.17, 15) is 4.79 Å². The van der Waals surface area contributed by atoms with Crippen molar-refractivity contribution in [1.29, 1.82) is 0 Å². The van der Waals surface area contributed by atoms with Gasteiger partial charge in [-0.1, -0.05) is 19.1 Å². The molecule has 1 radical (unpaired) electrons. The third-order valence-electron chi connectivity index (χ3n) is 2.38. The summed E-state index contributed by atoms with van der Waals surface area (Å²) >= 11 is 5.69. The van der Waals surface area contributed by atoms with Crippen molar-refractivity contribution in [3.8, 4) is 0 Å². The first-order chi connectivity index (χ1) is 8.70. The van der Waals surface area contributed by atoms with Crippen molar-refractivity contribution in [1.82, 2.24) is 9.97 Å². The molecule has 0 bridgehead atoms. The molecule has 1 heterocycles. The van der Waals surface area contributed by atoms with E-state index in [2.05, 4.69) is 21.4 Å². The van der Waals surface area contributed by atoms with E-state index in [-0.39, 0.29) is 43.8 Å². The van der Waals surface area contributed by atoms with Crippen LogP contribution in [0.1, 0.15) is 23.7 Å². The predicted molar refractivity (Wildman–Crippen MR) is 70.2 cm³/mol. The van der Waals surface area contributed by atoms with Crippen molar-refractivity contribution < 1.29 is 37.5 Å². The zero-order valence-corrected chi connectivity index (χ0v) is 13.9. The molecule has 0 fully saturated rings. The Morgan fingerprint density at radius 1 is 1.42 bits per heavy atom. The van der Waals surface area contributed by atoms with Gasteiger partial charge >= 0.3 is 0 Å². The fourth-order valence-corrected chi connectivity index (χ4v) is 1.65. The van der Waals surface area contributed by atoms with Crippen LogP contribution in [0.25, 0.3) is 0 Å². The van der Waals surface area contributed by atoms with Gasteiger partial charge in [-0.2, -0.15) is 0 Å². The Hall–Kier alpha value is -0.836. The van der Waals surface area contributed by atoms with Crippen LogP contribution in [0.15, 0.2) is 30.5 Å². The maximum Gasteiger partial charge on any atom is 0.218 e. The smallest absolute Gasteiger partial charge is 0.218 e. The number of ketones is 1. The van der Waals surface area contributed by atoms with Gasteiger partial charge in [-0.25, -0.2) is 4.98 Å². The van der Waals surface area contributed by atoms with E-state index in [0.29, 0.717) is 23.5 Å². The molecular formula is C13H11ClN3OY-. The average Bonchev–Trinajstić information content (AvgIpc) is 2.38. The third kappa shape index (κ3) is 4.34. The van der Waals surface area contributed by atoms with E-state index < -0.39 is 0 Å². The van der Waals surface area contributed by atoms with E-state index in [1.165, 1.54) is 6.20 Å². The number of halogens is 1. The minimum Gasteiger partial charge on any atom is -0.408 e. The van der Waals surface area contributed by atoms with Crippen LogP contribution in [0.3, 0.4) is 0 Å². The quantitative estimate of drug-likeness (QED) is 0.523. The van der Waals surface area contributed by atoms with Crippen LogP contribution in [0.2, 0.25) is 5.28 Å². The summed E-state index contributed by atoms with van der Waals surface area (Å²) in [6, 6.07) is 10.1. The molecule has 0 aliphatic rings. The summed E-state index contributed by atoms with van der Waals surface area (Å²) < 4.78 is 0. The second-order valence-electron chi connectivity index (χ2n) is 3.58. The van der Waals surface area contributed by atoms with Gasteiger partial charge in [0.25, 0.3) is 0 Å². The van der Waals surface area contributed by atoms with Gasteiger partial charge in [-0.3, -0.25) is 9.78 Å². The molecule has 6 heteroatoms. The number of carbonyl (C=O) groups is 1. The Balaban J connectivity index is 0.00000180. The summed E-state index contributed by atoms with van der Waals surface area (Å²) in [5.74, 6) is 0.504. The van der Waals surface area contributed by atoms with Gasteiger partial charge in [0.05, 0.1) is 0 Å². The number of para-hydroxylation sites is 1. The summed E-state index contributed by atoms with van der Waals surface area (Å²) in [5.41, 5.74) is 1.32. The number of nitrogens with zero attached hydrogens (tertiary/aromatic N) is 2. The molecule has 95 valence electrons. The summed E-state index contributed by atoms with van der Waals surface area (Å²) in [4.78, 5) is 19.5. The van der Waals surface area contributed by atoms with E-state index in [1.54, 1.807) is 6.07 Å². The first-order valence-electron chi connectivity index (χ1n) is 5.50. The van der Waals surface area contributed by atoms with Crippen LogP contribution in [0.5, 0.6) is 0 Å². The van der Waals surface area contributed by atoms with Crippen molar-refractivity contribution in [3.05, 3.63) is 47.4 Å². The van der Waals surface area contributed by atoms with Crippen molar-refractivity contribution >= 4 is 28.9 Å². The summed E-state index contributed by atoms with van der Waals surface area (Å²) in [7, 11) is 0. The Labute approximate surface area is 141 Å². The van der Waals surface area contributed by atoms with Crippen LogP contribution in [-0.4, -0.2) is 15.8 Å². The van der Waals surface area contributed by atoms with Crippen molar-refractivity contribution in [2.45, 2.75) is 13.3 Å². The van der Waals surface area contributed by atoms with Crippen molar-refractivity contribution in [2.24, 2.45) is 0 Å². The van der Waals surface area contributed by atoms with Gasteiger partial charge < -0.3 is 11.4 Å². The third-order valence-corrected chi connectivity index (χ3v) is 2.56. The molecule has 0 spiro atoms. The Morgan fingerprint density at radius 2 is 2.16 bits per heavy atom. The normalized spacial score (nSPS) is 9.58. The maximum atomic E-state index is 11.8. The average molecular weight is 350 g/mol. The van der Waals surface area contributed by atoms with Gasteiger partial charge in [-0.05, 0) is 29.6 Å². The molecular weight excluding hydrogens is 339 g/mol. The van der Waals surface area contributed by atoms with Gasteiger partial charge in [0.2, 0.25) is 5.28 Å². The van der Waals surface area contributed by atoms with Gasteiger partial charge in [0, 0.05) is 50.4 Å². The molecule has 1 aromatic heterocycles. The fraction of sp³-hybridized carbons (Fsp3) is 0.154. The zero-order chi connectivity index (χ0) is 13.0. The molecule has 2 aromatic rings. The second-order valence-corrected chi connectivity index (χ2v) is 3.92. The standard InChI is InChI=1S/C13H11ClN3O.Y/c1-2-11(18)9-5-3-4-6-10(9)16-12-7-8-15-13(14)17-12;/h3-6,8H,2H2,1H3,(H,15,16,17);/q-1;. The Kier molecular flexibility index (Phi) is 6.56. The summed E-state index contributed by atoms with van der Waals surface area (Å²) in [6.45, 7) is 1.83. The molecule has 19 heavy (non-hydrogen) atoms. The predicted octanol–water partition coefficient (Wildman–Crippen LogP) is 3.26. The molecule has 1 N–H and O–H groups in total. The number of rotatable bonds is 4. The molecule has 0 saturated heterocycles. The molecule has 0 saturated carbocycles. The molecule has 0 unspecified atom stereocenters. The summed E-state index contributed by atoms with van der Waals surface area (Å²) in [6.07, 6.45) is 1.88. The number of nitrogens with one attached hydrogen (secondary N) is 1. The maximum absolute atomic E-state index is 11.8. The van der Waals surface area contributed by atoms with Gasteiger partial charge in [0.15, 0.2) is 5.78 Å².